The number of aryl methyl sites for hydroxylation is 1. The van der Waals surface area contributed by atoms with Crippen LogP contribution >= 0.6 is 0 Å². The maximum atomic E-state index is 12.8. The third-order valence-corrected chi connectivity index (χ3v) is 4.64. The molecule has 140 valence electrons. The minimum Gasteiger partial charge on any atom is -0.497 e. The van der Waals surface area contributed by atoms with E-state index in [9.17, 15) is 4.79 Å². The molecule has 1 aromatic carbocycles. The van der Waals surface area contributed by atoms with Gasteiger partial charge in [-0.05, 0) is 26.0 Å². The van der Waals surface area contributed by atoms with Crippen LogP contribution in [0.25, 0.3) is 0 Å². The zero-order chi connectivity index (χ0) is 18.8. The van der Waals surface area contributed by atoms with Gasteiger partial charge in [0.05, 0.1) is 32.1 Å². The highest BCUT2D eigenvalue weighted by Crippen LogP contribution is 2.31. The highest BCUT2D eigenvalue weighted by atomic mass is 16.5. The van der Waals surface area contributed by atoms with Crippen LogP contribution in [0.15, 0.2) is 18.2 Å². The Labute approximate surface area is 153 Å². The number of nitrogens with zero attached hydrogens (tertiary/aromatic N) is 2. The average molecular weight is 359 g/mol. The second-order valence-corrected chi connectivity index (χ2v) is 6.49. The Kier molecular flexibility index (Phi) is 5.18. The van der Waals surface area contributed by atoms with Gasteiger partial charge >= 0.3 is 0 Å². The van der Waals surface area contributed by atoms with Gasteiger partial charge in [0, 0.05) is 37.2 Å². The fraction of sp³-hybridized carbons (Fsp3) is 0.474. The molecule has 3 rings (SSSR count). The molecule has 0 aliphatic carbocycles. The Bertz CT molecular complexity index is 815. The Morgan fingerprint density at radius 1 is 1.35 bits per heavy atom. The van der Waals surface area contributed by atoms with E-state index in [2.05, 4.69) is 10.4 Å². The van der Waals surface area contributed by atoms with Crippen LogP contribution in [0.5, 0.6) is 11.5 Å². The Morgan fingerprint density at radius 2 is 2.12 bits per heavy atom. The number of aromatic nitrogens is 2. The topological polar surface area (TPSA) is 74.6 Å². The summed E-state index contributed by atoms with van der Waals surface area (Å²) in [6, 6.07) is 5.53. The Morgan fingerprint density at radius 3 is 2.81 bits per heavy atom. The molecule has 2 heterocycles. The van der Waals surface area contributed by atoms with Crippen LogP contribution in [-0.2, 0) is 24.8 Å². The van der Waals surface area contributed by atoms with Gasteiger partial charge in [0.15, 0.2) is 0 Å². The van der Waals surface area contributed by atoms with Gasteiger partial charge in [-0.25, -0.2) is 0 Å². The van der Waals surface area contributed by atoms with Crippen molar-refractivity contribution in [1.82, 2.24) is 15.1 Å². The summed E-state index contributed by atoms with van der Waals surface area (Å²) in [4.78, 5) is 12.8. The average Bonchev–Trinajstić information content (AvgIpc) is 2.95. The number of amides is 1. The molecule has 26 heavy (non-hydrogen) atoms. The van der Waals surface area contributed by atoms with E-state index < -0.39 is 0 Å². The van der Waals surface area contributed by atoms with Crippen molar-refractivity contribution < 1.29 is 19.0 Å². The maximum Gasteiger partial charge on any atom is 0.270 e. The molecule has 0 saturated heterocycles. The van der Waals surface area contributed by atoms with Crippen LogP contribution in [0.2, 0.25) is 0 Å². The quantitative estimate of drug-likeness (QED) is 0.887. The number of fused-ring (bicyclic) bond motifs is 1. The molecule has 0 saturated carbocycles. The number of hydrogen-bond acceptors (Lipinski definition) is 5. The van der Waals surface area contributed by atoms with E-state index in [-0.39, 0.29) is 18.1 Å². The summed E-state index contributed by atoms with van der Waals surface area (Å²) in [7, 11) is 4.99. The predicted molar refractivity (Wildman–Crippen MR) is 96.6 cm³/mol. The van der Waals surface area contributed by atoms with Crippen LogP contribution in [0.3, 0.4) is 0 Å². The molecule has 1 aromatic heterocycles. The van der Waals surface area contributed by atoms with Gasteiger partial charge in [-0.1, -0.05) is 0 Å². The summed E-state index contributed by atoms with van der Waals surface area (Å²) >= 11 is 0. The second kappa shape index (κ2) is 7.37. The maximum absolute atomic E-state index is 12.8. The number of rotatable bonds is 5. The first-order chi connectivity index (χ1) is 12.4. The number of hydrogen-bond donors (Lipinski definition) is 1. The number of methoxy groups -OCH3 is 2. The lowest BCUT2D eigenvalue weighted by Gasteiger charge is -2.24. The van der Waals surface area contributed by atoms with E-state index in [1.165, 1.54) is 0 Å². The first-order valence-electron chi connectivity index (χ1n) is 8.65. The van der Waals surface area contributed by atoms with Crippen molar-refractivity contribution >= 4 is 5.91 Å². The smallest absolute Gasteiger partial charge is 0.270 e. The van der Waals surface area contributed by atoms with Crippen LogP contribution in [-0.4, -0.2) is 36.0 Å². The molecule has 1 aliphatic heterocycles. The molecular formula is C19H25N3O4. The zero-order valence-corrected chi connectivity index (χ0v) is 15.8. The minimum absolute atomic E-state index is 0.0648. The number of benzene rings is 1. The van der Waals surface area contributed by atoms with Gasteiger partial charge in [0.1, 0.15) is 17.2 Å². The van der Waals surface area contributed by atoms with Crippen LogP contribution < -0.4 is 14.8 Å². The Hall–Kier alpha value is -2.54. The summed E-state index contributed by atoms with van der Waals surface area (Å²) in [5.74, 6) is 1.23. The normalized spacial score (nSPS) is 19.0. The lowest BCUT2D eigenvalue weighted by molar-refractivity contribution is -0.00710. The minimum atomic E-state index is -0.152. The third-order valence-electron chi connectivity index (χ3n) is 4.64. The van der Waals surface area contributed by atoms with Gasteiger partial charge in [0.2, 0.25) is 0 Å². The lowest BCUT2D eigenvalue weighted by atomic mass is 9.99. The molecule has 2 aromatic rings. The van der Waals surface area contributed by atoms with Crippen molar-refractivity contribution in [1.29, 1.82) is 0 Å². The molecule has 7 nitrogen and oxygen atoms in total. The molecule has 1 N–H and O–H groups in total. The van der Waals surface area contributed by atoms with Gasteiger partial charge in [0.25, 0.3) is 5.91 Å². The molecule has 0 bridgehead atoms. The molecule has 2 atom stereocenters. The number of ether oxygens (including phenoxy) is 3. The summed E-state index contributed by atoms with van der Waals surface area (Å²) in [5, 5.41) is 7.46. The molecule has 0 fully saturated rings. The standard InChI is InChI=1S/C19H25N3O4/c1-11-8-15-17(12(2)26-11)21-22(3)18(15)19(23)20-10-13-6-7-14(24-4)9-16(13)25-5/h6-7,9,11-12H,8,10H2,1-5H3,(H,20,23)/t11-,12+/m1/s1. The highest BCUT2D eigenvalue weighted by Gasteiger charge is 2.31. The van der Waals surface area contributed by atoms with Crippen LogP contribution in [0.1, 0.15) is 47.3 Å². The van der Waals surface area contributed by atoms with Crippen molar-refractivity contribution in [2.45, 2.75) is 39.0 Å². The van der Waals surface area contributed by atoms with Crippen molar-refractivity contribution in [3.63, 3.8) is 0 Å². The van der Waals surface area contributed by atoms with Crippen molar-refractivity contribution in [2.24, 2.45) is 7.05 Å². The predicted octanol–water partition coefficient (Wildman–Crippen LogP) is 2.39. The lowest BCUT2D eigenvalue weighted by Crippen LogP contribution is -2.28. The second-order valence-electron chi connectivity index (χ2n) is 6.49. The molecule has 1 amide bonds. The fourth-order valence-electron chi connectivity index (χ4n) is 3.41. The number of nitrogens with one attached hydrogen (secondary N) is 1. The summed E-state index contributed by atoms with van der Waals surface area (Å²) in [6.45, 7) is 4.33. The number of carbonyl (C=O) groups is 1. The summed E-state index contributed by atoms with van der Waals surface area (Å²) < 4.78 is 18.0. The van der Waals surface area contributed by atoms with E-state index in [1.807, 2.05) is 26.0 Å². The van der Waals surface area contributed by atoms with Crippen molar-refractivity contribution in [3.05, 3.63) is 40.7 Å². The SMILES string of the molecule is COc1ccc(CNC(=O)c2c3c(nn2C)[C@H](C)O[C@H](C)C3)c(OC)c1. The van der Waals surface area contributed by atoms with Gasteiger partial charge < -0.3 is 19.5 Å². The highest BCUT2D eigenvalue weighted by molar-refractivity contribution is 5.94. The van der Waals surface area contributed by atoms with Crippen molar-refractivity contribution in [2.75, 3.05) is 14.2 Å². The molecular weight excluding hydrogens is 334 g/mol. The van der Waals surface area contributed by atoms with Gasteiger partial charge in [-0.3, -0.25) is 9.48 Å². The monoisotopic (exact) mass is 359 g/mol. The molecule has 0 spiro atoms. The fourth-order valence-corrected chi connectivity index (χ4v) is 3.41. The van der Waals surface area contributed by atoms with E-state index in [1.54, 1.807) is 32.0 Å². The summed E-state index contributed by atoms with van der Waals surface area (Å²) in [6.07, 6.45) is 0.639. The largest absolute Gasteiger partial charge is 0.497 e. The molecule has 1 aliphatic rings. The molecule has 0 unspecified atom stereocenters. The van der Waals surface area contributed by atoms with Crippen LogP contribution in [0.4, 0.5) is 0 Å². The van der Waals surface area contributed by atoms with Crippen LogP contribution in [0, 0.1) is 0 Å². The summed E-state index contributed by atoms with van der Waals surface area (Å²) in [5.41, 5.74) is 3.29. The van der Waals surface area contributed by atoms with Gasteiger partial charge in [-0.2, -0.15) is 5.10 Å². The molecule has 7 heteroatoms. The van der Waals surface area contributed by atoms with E-state index in [4.69, 9.17) is 14.2 Å². The van der Waals surface area contributed by atoms with Gasteiger partial charge in [-0.15, -0.1) is 0 Å². The first-order valence-corrected chi connectivity index (χ1v) is 8.65. The zero-order valence-electron chi connectivity index (χ0n) is 15.8. The Balaban J connectivity index is 1.80. The molecule has 0 radical (unpaired) electrons. The third kappa shape index (κ3) is 3.39. The van der Waals surface area contributed by atoms with Crippen molar-refractivity contribution in [3.8, 4) is 11.5 Å². The van der Waals surface area contributed by atoms with E-state index >= 15 is 0 Å². The first kappa shape index (κ1) is 18.3. The number of carbonyl (C=O) groups excluding carboxylic acids is 1. The van der Waals surface area contributed by atoms with E-state index in [0.717, 1.165) is 16.8 Å². The van der Waals surface area contributed by atoms with E-state index in [0.29, 0.717) is 30.2 Å².